The maximum Gasteiger partial charge on any atom is 0.124 e. The molecular weight excluding hydrogens is 253 g/mol. The molecule has 0 aromatic heterocycles. The van der Waals surface area contributed by atoms with Crippen molar-refractivity contribution in [3.8, 4) is 5.75 Å². The summed E-state index contributed by atoms with van der Waals surface area (Å²) in [6, 6.07) is 4.88. The van der Waals surface area contributed by atoms with Crippen molar-refractivity contribution in [2.45, 2.75) is 58.9 Å². The maximum atomic E-state index is 13.4. The zero-order valence-electron chi connectivity index (χ0n) is 13.0. The molecule has 0 radical (unpaired) electrons. The number of nitrogens with one attached hydrogen (secondary N) is 1. The molecule has 2 nitrogen and oxygen atoms in total. The first kappa shape index (κ1) is 17.0. The quantitative estimate of drug-likeness (QED) is 0.619. The Hall–Kier alpha value is -1.09. The number of rotatable bonds is 10. The lowest BCUT2D eigenvalue weighted by Crippen LogP contribution is -2.19. The van der Waals surface area contributed by atoms with Crippen molar-refractivity contribution >= 4 is 0 Å². The normalized spacial score (nSPS) is 12.4. The van der Waals surface area contributed by atoms with E-state index in [1.54, 1.807) is 12.1 Å². The van der Waals surface area contributed by atoms with E-state index in [9.17, 15) is 4.39 Å². The molecule has 0 aliphatic rings. The first-order valence-electron chi connectivity index (χ1n) is 7.84. The summed E-state index contributed by atoms with van der Waals surface area (Å²) in [6.45, 7) is 7.86. The van der Waals surface area contributed by atoms with Crippen molar-refractivity contribution < 1.29 is 9.13 Å². The Balaban J connectivity index is 2.51. The highest BCUT2D eigenvalue weighted by Crippen LogP contribution is 2.26. The minimum Gasteiger partial charge on any atom is -0.493 e. The van der Waals surface area contributed by atoms with Crippen molar-refractivity contribution in [3.05, 3.63) is 29.6 Å². The minimum absolute atomic E-state index is 0.103. The minimum atomic E-state index is -0.208. The Labute approximate surface area is 122 Å². The number of ether oxygens (including phenoxy) is 1. The van der Waals surface area contributed by atoms with Crippen LogP contribution in [-0.4, -0.2) is 13.2 Å². The van der Waals surface area contributed by atoms with Gasteiger partial charge < -0.3 is 10.1 Å². The van der Waals surface area contributed by atoms with Crippen LogP contribution in [0.2, 0.25) is 0 Å². The van der Waals surface area contributed by atoms with Crippen molar-refractivity contribution in [2.24, 2.45) is 0 Å². The van der Waals surface area contributed by atoms with E-state index in [1.807, 2.05) is 13.8 Å². The molecule has 0 aliphatic carbocycles. The lowest BCUT2D eigenvalue weighted by atomic mass is 10.1. The van der Waals surface area contributed by atoms with Gasteiger partial charge in [-0.2, -0.15) is 0 Å². The van der Waals surface area contributed by atoms with Crippen LogP contribution in [0, 0.1) is 5.82 Å². The second kappa shape index (κ2) is 9.76. The summed E-state index contributed by atoms with van der Waals surface area (Å²) in [5, 5.41) is 3.30. The fourth-order valence-electron chi connectivity index (χ4n) is 2.29. The van der Waals surface area contributed by atoms with E-state index in [1.165, 1.54) is 31.7 Å². The van der Waals surface area contributed by atoms with Crippen LogP contribution in [0.5, 0.6) is 5.75 Å². The van der Waals surface area contributed by atoms with Gasteiger partial charge in [-0.15, -0.1) is 0 Å². The zero-order chi connectivity index (χ0) is 14.8. The third kappa shape index (κ3) is 5.91. The lowest BCUT2D eigenvalue weighted by Gasteiger charge is -2.18. The summed E-state index contributed by atoms with van der Waals surface area (Å²) in [6.07, 6.45) is 6.08. The highest BCUT2D eigenvalue weighted by Gasteiger charge is 2.12. The van der Waals surface area contributed by atoms with Gasteiger partial charge in [-0.1, -0.05) is 39.5 Å². The third-order valence-corrected chi connectivity index (χ3v) is 3.45. The number of benzene rings is 1. The average Bonchev–Trinajstić information content (AvgIpc) is 2.44. The van der Waals surface area contributed by atoms with Gasteiger partial charge in [0.2, 0.25) is 0 Å². The van der Waals surface area contributed by atoms with E-state index >= 15 is 0 Å². The lowest BCUT2D eigenvalue weighted by molar-refractivity contribution is 0.298. The van der Waals surface area contributed by atoms with Crippen molar-refractivity contribution in [2.75, 3.05) is 13.2 Å². The van der Waals surface area contributed by atoms with E-state index in [0.717, 1.165) is 24.3 Å². The van der Waals surface area contributed by atoms with Gasteiger partial charge in [0.15, 0.2) is 0 Å². The van der Waals surface area contributed by atoms with Crippen LogP contribution in [0.4, 0.5) is 4.39 Å². The van der Waals surface area contributed by atoms with E-state index in [2.05, 4.69) is 12.2 Å². The smallest absolute Gasteiger partial charge is 0.124 e. The van der Waals surface area contributed by atoms with Gasteiger partial charge in [-0.3, -0.25) is 0 Å². The first-order valence-corrected chi connectivity index (χ1v) is 7.84. The van der Waals surface area contributed by atoms with Gasteiger partial charge in [0.25, 0.3) is 0 Å². The highest BCUT2D eigenvalue weighted by atomic mass is 19.1. The SMILES string of the molecule is CCCCCCCOc1ccc(F)cc1C(C)NCC. The summed E-state index contributed by atoms with van der Waals surface area (Å²) in [4.78, 5) is 0. The first-order chi connectivity index (χ1) is 9.69. The molecule has 20 heavy (non-hydrogen) atoms. The van der Waals surface area contributed by atoms with Crippen molar-refractivity contribution in [3.63, 3.8) is 0 Å². The Bertz CT molecular complexity index is 381. The fourth-order valence-corrected chi connectivity index (χ4v) is 2.29. The molecule has 0 fully saturated rings. The van der Waals surface area contributed by atoms with Crippen LogP contribution < -0.4 is 10.1 Å². The molecule has 1 N–H and O–H groups in total. The van der Waals surface area contributed by atoms with Gasteiger partial charge in [0, 0.05) is 11.6 Å². The van der Waals surface area contributed by atoms with Gasteiger partial charge in [0.05, 0.1) is 6.61 Å². The second-order valence-corrected chi connectivity index (χ2v) is 5.22. The molecule has 0 bridgehead atoms. The number of hydrogen-bond donors (Lipinski definition) is 1. The van der Waals surface area contributed by atoms with Crippen molar-refractivity contribution in [1.29, 1.82) is 0 Å². The second-order valence-electron chi connectivity index (χ2n) is 5.22. The average molecular weight is 281 g/mol. The predicted octanol–water partition coefficient (Wildman–Crippen LogP) is 4.85. The third-order valence-electron chi connectivity index (χ3n) is 3.45. The molecule has 0 saturated carbocycles. The van der Waals surface area contributed by atoms with Gasteiger partial charge in [-0.25, -0.2) is 4.39 Å². The fraction of sp³-hybridized carbons (Fsp3) is 0.647. The molecule has 1 unspecified atom stereocenters. The Morgan fingerprint density at radius 2 is 1.90 bits per heavy atom. The molecule has 0 heterocycles. The molecule has 114 valence electrons. The monoisotopic (exact) mass is 281 g/mol. The molecule has 1 aromatic rings. The Kier molecular flexibility index (Phi) is 8.28. The predicted molar refractivity (Wildman–Crippen MR) is 82.7 cm³/mol. The van der Waals surface area contributed by atoms with E-state index in [4.69, 9.17) is 4.74 Å². The number of halogens is 1. The van der Waals surface area contributed by atoms with Crippen LogP contribution in [0.3, 0.4) is 0 Å². The maximum absolute atomic E-state index is 13.4. The largest absolute Gasteiger partial charge is 0.493 e. The molecule has 0 saturated heterocycles. The molecule has 3 heteroatoms. The van der Waals surface area contributed by atoms with Crippen molar-refractivity contribution in [1.82, 2.24) is 5.32 Å². The highest BCUT2D eigenvalue weighted by molar-refractivity contribution is 5.36. The van der Waals surface area contributed by atoms with E-state index < -0.39 is 0 Å². The Morgan fingerprint density at radius 1 is 1.15 bits per heavy atom. The van der Waals surface area contributed by atoms with Crippen LogP contribution in [0.1, 0.15) is 64.5 Å². The van der Waals surface area contributed by atoms with Crippen LogP contribution in [-0.2, 0) is 0 Å². The number of hydrogen-bond acceptors (Lipinski definition) is 2. The van der Waals surface area contributed by atoms with Crippen LogP contribution in [0.15, 0.2) is 18.2 Å². The van der Waals surface area contributed by atoms with E-state index in [-0.39, 0.29) is 11.9 Å². The molecule has 0 amide bonds. The molecule has 1 atom stereocenters. The summed E-state index contributed by atoms with van der Waals surface area (Å²) in [5.41, 5.74) is 0.903. The zero-order valence-corrected chi connectivity index (χ0v) is 13.0. The molecule has 1 rings (SSSR count). The molecular formula is C17H28FNO. The van der Waals surface area contributed by atoms with Gasteiger partial charge in [-0.05, 0) is 38.1 Å². The van der Waals surface area contributed by atoms with Gasteiger partial charge >= 0.3 is 0 Å². The van der Waals surface area contributed by atoms with E-state index in [0.29, 0.717) is 6.61 Å². The van der Waals surface area contributed by atoms with Gasteiger partial charge in [0.1, 0.15) is 11.6 Å². The summed E-state index contributed by atoms with van der Waals surface area (Å²) in [5.74, 6) is 0.593. The topological polar surface area (TPSA) is 21.3 Å². The summed E-state index contributed by atoms with van der Waals surface area (Å²) in [7, 11) is 0. The Morgan fingerprint density at radius 3 is 2.60 bits per heavy atom. The van der Waals surface area contributed by atoms with Crippen LogP contribution in [0.25, 0.3) is 0 Å². The standard InChI is InChI=1S/C17H28FNO/c1-4-6-7-8-9-12-20-17-11-10-15(18)13-16(17)14(3)19-5-2/h10-11,13-14,19H,4-9,12H2,1-3H3. The van der Waals surface area contributed by atoms with Crippen LogP contribution >= 0.6 is 0 Å². The summed E-state index contributed by atoms with van der Waals surface area (Å²) < 4.78 is 19.2. The summed E-state index contributed by atoms with van der Waals surface area (Å²) >= 11 is 0. The molecule has 0 spiro atoms. The number of unbranched alkanes of at least 4 members (excludes halogenated alkanes) is 4. The molecule has 0 aliphatic heterocycles. The molecule has 1 aromatic carbocycles.